The van der Waals surface area contributed by atoms with Crippen molar-refractivity contribution >= 4 is 16.8 Å². The molecule has 0 saturated carbocycles. The number of para-hydroxylation sites is 1. The maximum absolute atomic E-state index is 11.8. The van der Waals surface area contributed by atoms with Gasteiger partial charge < -0.3 is 15.0 Å². The molecule has 4 nitrogen and oxygen atoms in total. The summed E-state index contributed by atoms with van der Waals surface area (Å²) in [4.78, 5) is 11.8. The van der Waals surface area contributed by atoms with Gasteiger partial charge in [0, 0.05) is 17.8 Å². The molecule has 0 aliphatic heterocycles. The fourth-order valence-corrected chi connectivity index (χ4v) is 2.02. The lowest BCUT2D eigenvalue weighted by molar-refractivity contribution is -0.122. The second-order valence-corrected chi connectivity index (χ2v) is 4.58. The number of fused-ring (bicyclic) bond motifs is 1. The third-order valence-corrected chi connectivity index (χ3v) is 2.91. The van der Waals surface area contributed by atoms with E-state index < -0.39 is 6.10 Å². The number of aryl methyl sites for hydroxylation is 1. The number of nitrogens with zero attached hydrogens (tertiary/aromatic N) is 1. The van der Waals surface area contributed by atoms with E-state index >= 15 is 0 Å². The summed E-state index contributed by atoms with van der Waals surface area (Å²) in [7, 11) is 0. The Balaban J connectivity index is 2.16. The third kappa shape index (κ3) is 2.71. The van der Waals surface area contributed by atoms with Gasteiger partial charge in [0.15, 0.2) is 0 Å². The number of carbonyl (C=O) groups excluding carboxylic acids is 1. The van der Waals surface area contributed by atoms with Gasteiger partial charge in [-0.25, -0.2) is 0 Å². The Bertz CT molecular complexity index is 558. The molecule has 2 rings (SSSR count). The van der Waals surface area contributed by atoms with Gasteiger partial charge in [-0.3, -0.25) is 4.79 Å². The SMILES string of the molecule is Cc1cc2ccccc2n1CC(=O)NCC(C)O. The normalized spacial score (nSPS) is 12.6. The number of nitrogens with one attached hydrogen (secondary N) is 1. The first-order valence-electron chi connectivity index (χ1n) is 6.07. The van der Waals surface area contributed by atoms with Crippen LogP contribution in [-0.2, 0) is 11.3 Å². The molecule has 1 heterocycles. The number of aromatic nitrogens is 1. The highest BCUT2D eigenvalue weighted by molar-refractivity contribution is 5.84. The van der Waals surface area contributed by atoms with E-state index in [0.717, 1.165) is 16.6 Å². The Hall–Kier alpha value is -1.81. The van der Waals surface area contributed by atoms with Crippen molar-refractivity contribution < 1.29 is 9.90 Å². The maximum Gasteiger partial charge on any atom is 0.240 e. The second-order valence-electron chi connectivity index (χ2n) is 4.58. The topological polar surface area (TPSA) is 54.3 Å². The van der Waals surface area contributed by atoms with Gasteiger partial charge in [-0.1, -0.05) is 18.2 Å². The van der Waals surface area contributed by atoms with E-state index in [1.807, 2.05) is 35.8 Å². The molecule has 96 valence electrons. The Morgan fingerprint density at radius 1 is 1.44 bits per heavy atom. The number of carbonyl (C=O) groups is 1. The van der Waals surface area contributed by atoms with Crippen molar-refractivity contribution in [3.8, 4) is 0 Å². The minimum Gasteiger partial charge on any atom is -0.392 e. The first-order valence-corrected chi connectivity index (χ1v) is 6.07. The average molecular weight is 246 g/mol. The lowest BCUT2D eigenvalue weighted by Crippen LogP contribution is -2.33. The number of hydrogen-bond acceptors (Lipinski definition) is 2. The zero-order chi connectivity index (χ0) is 13.1. The number of hydrogen-bond donors (Lipinski definition) is 2. The highest BCUT2D eigenvalue weighted by Gasteiger charge is 2.09. The number of amides is 1. The average Bonchev–Trinajstić information content (AvgIpc) is 2.64. The summed E-state index contributed by atoms with van der Waals surface area (Å²) in [5.41, 5.74) is 2.12. The van der Waals surface area contributed by atoms with Gasteiger partial charge in [0.2, 0.25) is 5.91 Å². The van der Waals surface area contributed by atoms with E-state index in [2.05, 4.69) is 11.4 Å². The summed E-state index contributed by atoms with van der Waals surface area (Å²) >= 11 is 0. The van der Waals surface area contributed by atoms with Crippen LogP contribution < -0.4 is 5.32 Å². The molecule has 0 bridgehead atoms. The number of aliphatic hydroxyl groups is 1. The lowest BCUT2D eigenvalue weighted by atomic mass is 10.2. The molecule has 0 radical (unpaired) electrons. The summed E-state index contributed by atoms with van der Waals surface area (Å²) in [5.74, 6) is -0.0830. The molecule has 0 aliphatic rings. The zero-order valence-corrected chi connectivity index (χ0v) is 10.7. The highest BCUT2D eigenvalue weighted by atomic mass is 16.3. The van der Waals surface area contributed by atoms with Gasteiger partial charge in [-0.15, -0.1) is 0 Å². The number of benzene rings is 1. The van der Waals surface area contributed by atoms with Crippen LogP contribution in [0.15, 0.2) is 30.3 Å². The smallest absolute Gasteiger partial charge is 0.240 e. The lowest BCUT2D eigenvalue weighted by Gasteiger charge is -2.10. The van der Waals surface area contributed by atoms with E-state index in [1.165, 1.54) is 0 Å². The summed E-state index contributed by atoms with van der Waals surface area (Å²) < 4.78 is 1.98. The van der Waals surface area contributed by atoms with Gasteiger partial charge in [-0.2, -0.15) is 0 Å². The van der Waals surface area contributed by atoms with Crippen molar-refractivity contribution in [3.05, 3.63) is 36.0 Å². The zero-order valence-electron chi connectivity index (χ0n) is 10.7. The van der Waals surface area contributed by atoms with Crippen molar-refractivity contribution in [3.63, 3.8) is 0 Å². The van der Waals surface area contributed by atoms with Crippen LogP contribution in [0.3, 0.4) is 0 Å². The summed E-state index contributed by atoms with van der Waals surface area (Å²) in [6.45, 7) is 4.21. The van der Waals surface area contributed by atoms with Crippen molar-refractivity contribution in [2.45, 2.75) is 26.5 Å². The molecule has 1 atom stereocenters. The van der Waals surface area contributed by atoms with Crippen LogP contribution in [0.25, 0.3) is 10.9 Å². The molecule has 1 aromatic heterocycles. The molecule has 1 amide bonds. The minimum absolute atomic E-state index is 0.0830. The van der Waals surface area contributed by atoms with Crippen LogP contribution in [-0.4, -0.2) is 28.2 Å². The highest BCUT2D eigenvalue weighted by Crippen LogP contribution is 2.18. The van der Waals surface area contributed by atoms with E-state index in [4.69, 9.17) is 5.11 Å². The standard InChI is InChI=1S/C14H18N2O2/c1-10-7-12-5-3-4-6-13(12)16(10)9-14(18)15-8-11(2)17/h3-7,11,17H,8-9H2,1-2H3,(H,15,18). The Kier molecular flexibility index (Phi) is 3.67. The quantitative estimate of drug-likeness (QED) is 0.858. The Labute approximate surface area is 106 Å². The molecule has 0 spiro atoms. The van der Waals surface area contributed by atoms with E-state index in [9.17, 15) is 4.79 Å². The molecule has 4 heteroatoms. The Morgan fingerprint density at radius 2 is 2.17 bits per heavy atom. The second kappa shape index (κ2) is 5.23. The molecular formula is C14H18N2O2. The first kappa shape index (κ1) is 12.6. The van der Waals surface area contributed by atoms with Crippen LogP contribution >= 0.6 is 0 Å². The monoisotopic (exact) mass is 246 g/mol. The van der Waals surface area contributed by atoms with Gasteiger partial charge in [-0.05, 0) is 31.4 Å². The largest absolute Gasteiger partial charge is 0.392 e. The predicted octanol–water partition coefficient (Wildman–Crippen LogP) is 1.45. The summed E-state index contributed by atoms with van der Waals surface area (Å²) in [6.07, 6.45) is -0.517. The van der Waals surface area contributed by atoms with E-state index in [1.54, 1.807) is 6.92 Å². The third-order valence-electron chi connectivity index (χ3n) is 2.91. The van der Waals surface area contributed by atoms with E-state index in [0.29, 0.717) is 0 Å². The number of aliphatic hydroxyl groups excluding tert-OH is 1. The fourth-order valence-electron chi connectivity index (χ4n) is 2.02. The van der Waals surface area contributed by atoms with Crippen LogP contribution in [0.1, 0.15) is 12.6 Å². The molecule has 1 aromatic carbocycles. The van der Waals surface area contributed by atoms with Crippen LogP contribution in [0.4, 0.5) is 0 Å². The molecule has 2 N–H and O–H groups in total. The van der Waals surface area contributed by atoms with Gasteiger partial charge >= 0.3 is 0 Å². The maximum atomic E-state index is 11.8. The molecule has 0 fully saturated rings. The molecule has 18 heavy (non-hydrogen) atoms. The van der Waals surface area contributed by atoms with Gasteiger partial charge in [0.05, 0.1) is 6.10 Å². The molecular weight excluding hydrogens is 228 g/mol. The fraction of sp³-hybridized carbons (Fsp3) is 0.357. The first-order chi connectivity index (χ1) is 8.58. The van der Waals surface area contributed by atoms with Crippen molar-refractivity contribution in [1.29, 1.82) is 0 Å². The molecule has 2 aromatic rings. The van der Waals surface area contributed by atoms with Crippen molar-refractivity contribution in [2.75, 3.05) is 6.54 Å². The minimum atomic E-state index is -0.517. The molecule has 1 unspecified atom stereocenters. The van der Waals surface area contributed by atoms with Crippen LogP contribution in [0.5, 0.6) is 0 Å². The number of rotatable bonds is 4. The van der Waals surface area contributed by atoms with Gasteiger partial charge in [0.25, 0.3) is 0 Å². The van der Waals surface area contributed by atoms with Crippen LogP contribution in [0.2, 0.25) is 0 Å². The molecule has 0 saturated heterocycles. The Morgan fingerprint density at radius 3 is 2.89 bits per heavy atom. The van der Waals surface area contributed by atoms with Crippen molar-refractivity contribution in [1.82, 2.24) is 9.88 Å². The summed E-state index contributed by atoms with van der Waals surface area (Å²) in [5, 5.41) is 13.0. The predicted molar refractivity (Wildman–Crippen MR) is 71.4 cm³/mol. The summed E-state index contributed by atoms with van der Waals surface area (Å²) in [6, 6.07) is 10.1. The van der Waals surface area contributed by atoms with Crippen molar-refractivity contribution in [2.24, 2.45) is 0 Å². The van der Waals surface area contributed by atoms with Gasteiger partial charge in [0.1, 0.15) is 6.54 Å². The van der Waals surface area contributed by atoms with Crippen LogP contribution in [0, 0.1) is 6.92 Å². The molecule has 0 aliphatic carbocycles. The van der Waals surface area contributed by atoms with E-state index in [-0.39, 0.29) is 19.0 Å².